The molecule has 0 aliphatic rings. The lowest BCUT2D eigenvalue weighted by Gasteiger charge is -2.23. The largest absolute Gasteiger partial charge is 0.457 e. The van der Waals surface area contributed by atoms with Gasteiger partial charge in [0, 0.05) is 44.9 Å². The molecule has 11 aromatic rings. The maximum Gasteiger partial charge on any atom is 0.145 e. The van der Waals surface area contributed by atoms with Crippen LogP contribution in [0.4, 0.5) is 0 Å². The number of para-hydroxylation sites is 1. The highest BCUT2D eigenvalue weighted by molar-refractivity contribution is 6.18. The molecule has 0 atom stereocenters. The number of benzene rings is 7. The molecule has 0 unspecified atom stereocenters. The highest BCUT2D eigenvalue weighted by Crippen LogP contribution is 2.47. The van der Waals surface area contributed by atoms with E-state index in [-0.39, 0.29) is 0 Å². The molecule has 0 N–H and O–H groups in total. The van der Waals surface area contributed by atoms with E-state index in [1.165, 1.54) is 66.6 Å². The highest BCUT2D eigenvalue weighted by Gasteiger charge is 2.25. The van der Waals surface area contributed by atoms with E-state index < -0.39 is 0 Å². The fourth-order valence-electron chi connectivity index (χ4n) is 10.0. The maximum absolute atomic E-state index is 6.83. The molecule has 5 heteroatoms. The van der Waals surface area contributed by atoms with Crippen molar-refractivity contribution in [3.8, 4) is 50.8 Å². The summed E-state index contributed by atoms with van der Waals surface area (Å²) in [5.74, 6) is 2.36. The van der Waals surface area contributed by atoms with Crippen molar-refractivity contribution < 1.29 is 4.74 Å². The van der Waals surface area contributed by atoms with Crippen LogP contribution in [0.1, 0.15) is 33.4 Å². The molecule has 0 saturated carbocycles. The van der Waals surface area contributed by atoms with Crippen LogP contribution >= 0.6 is 0 Å². The predicted octanol–water partition coefficient (Wildman–Crippen LogP) is 14.8. The van der Waals surface area contributed by atoms with Gasteiger partial charge < -0.3 is 4.74 Å². The summed E-state index contributed by atoms with van der Waals surface area (Å²) in [5, 5.41) is 5.64. The van der Waals surface area contributed by atoms with Crippen LogP contribution in [-0.4, -0.2) is 18.9 Å². The van der Waals surface area contributed by atoms with Crippen LogP contribution in [-0.2, 0) is 0 Å². The van der Waals surface area contributed by atoms with Crippen LogP contribution in [0.3, 0.4) is 0 Å². The van der Waals surface area contributed by atoms with Gasteiger partial charge in [-0.1, -0.05) is 91.0 Å². The van der Waals surface area contributed by atoms with Crippen LogP contribution in [0.25, 0.3) is 88.5 Å². The van der Waals surface area contributed by atoms with Crippen molar-refractivity contribution >= 4 is 49.1 Å². The molecule has 0 amide bonds. The Hall–Kier alpha value is -7.50. The molecule has 0 saturated heterocycles. The number of nitrogens with zero attached hydrogens (tertiary/aromatic N) is 4. The van der Waals surface area contributed by atoms with E-state index in [4.69, 9.17) is 14.7 Å². The lowest BCUT2D eigenvalue weighted by atomic mass is 9.84. The Bertz CT molecular complexity index is 3510. The average Bonchev–Trinajstić information content (AvgIpc) is 3.84. The first-order valence-corrected chi connectivity index (χ1v) is 21.0. The summed E-state index contributed by atoms with van der Waals surface area (Å²) in [6, 6.07) is 51.9. The molecule has 0 fully saturated rings. The highest BCUT2D eigenvalue weighted by atomic mass is 16.5. The lowest BCUT2D eigenvalue weighted by molar-refractivity contribution is 0.484. The summed E-state index contributed by atoms with van der Waals surface area (Å²) in [6.07, 6.45) is 3.91. The van der Waals surface area contributed by atoms with Gasteiger partial charge in [0.05, 0.1) is 28.4 Å². The van der Waals surface area contributed by atoms with Gasteiger partial charge in [0.25, 0.3) is 0 Å². The Morgan fingerprint density at radius 3 is 1.70 bits per heavy atom. The number of aryl methyl sites for hydroxylation is 6. The molecule has 0 aliphatic heterocycles. The molecule has 11 rings (SSSR count). The minimum atomic E-state index is 0.743. The fraction of sp³-hybridized carbons (Fsp3) is 0.107. The average molecular weight is 789 g/mol. The Morgan fingerprint density at radius 1 is 0.426 bits per heavy atom. The Labute approximate surface area is 355 Å². The molecule has 61 heavy (non-hydrogen) atoms. The van der Waals surface area contributed by atoms with Crippen molar-refractivity contribution in [3.63, 3.8) is 0 Å². The number of ether oxygens (including phenoxy) is 1. The van der Waals surface area contributed by atoms with E-state index in [2.05, 4.69) is 184 Å². The smallest absolute Gasteiger partial charge is 0.145 e. The number of fused-ring (bicyclic) bond motifs is 9. The molecule has 294 valence electrons. The predicted molar refractivity (Wildman–Crippen MR) is 254 cm³/mol. The van der Waals surface area contributed by atoms with Crippen molar-refractivity contribution in [2.45, 2.75) is 41.5 Å². The van der Waals surface area contributed by atoms with Gasteiger partial charge >= 0.3 is 0 Å². The minimum absolute atomic E-state index is 0.743. The number of hydrogen-bond acceptors (Lipinski definition) is 3. The van der Waals surface area contributed by atoms with E-state index in [0.29, 0.717) is 0 Å². The first-order chi connectivity index (χ1) is 29.8. The van der Waals surface area contributed by atoms with E-state index in [0.717, 1.165) is 66.8 Å². The third kappa shape index (κ3) is 5.68. The summed E-state index contributed by atoms with van der Waals surface area (Å²) in [6.45, 7) is 13.3. The summed E-state index contributed by atoms with van der Waals surface area (Å²) in [7, 11) is 0. The first kappa shape index (κ1) is 36.6. The zero-order valence-corrected chi connectivity index (χ0v) is 35.2. The van der Waals surface area contributed by atoms with Gasteiger partial charge in [-0.15, -0.1) is 0 Å². The van der Waals surface area contributed by atoms with Crippen molar-refractivity contribution in [2.24, 2.45) is 0 Å². The van der Waals surface area contributed by atoms with Gasteiger partial charge in [0.15, 0.2) is 0 Å². The van der Waals surface area contributed by atoms with E-state index in [1.54, 1.807) is 0 Å². The zero-order chi connectivity index (χ0) is 41.5. The van der Waals surface area contributed by atoms with Crippen LogP contribution in [0.5, 0.6) is 11.5 Å². The van der Waals surface area contributed by atoms with Crippen molar-refractivity contribution in [1.29, 1.82) is 0 Å². The summed E-state index contributed by atoms with van der Waals surface area (Å²) >= 11 is 0. The number of rotatable bonds is 6. The van der Waals surface area contributed by atoms with Crippen LogP contribution in [0.15, 0.2) is 158 Å². The minimum Gasteiger partial charge on any atom is -0.457 e. The third-order valence-electron chi connectivity index (χ3n) is 12.7. The summed E-state index contributed by atoms with van der Waals surface area (Å²) in [4.78, 5) is 10.1. The normalized spacial score (nSPS) is 11.8. The molecular weight excluding hydrogens is 745 g/mol. The standard InChI is InChI=1S/C56H44N4O/c1-33-14-11-15-34(2)51(33)45-28-27-44-41-25-23-39(61-40-24-26-43-42-20-7-8-21-47(42)59(48(43)31-40)50-22-9-10-29-57-50)30-46(41)56-58-32-49(52-35(3)16-12-17-36(52)4)60(56)55(44)54(45)53-37(5)18-13-19-38(53)6/h7-32H,1-6H3. The second-order valence-electron chi connectivity index (χ2n) is 16.5. The number of pyridine rings is 2. The van der Waals surface area contributed by atoms with Gasteiger partial charge in [0.2, 0.25) is 0 Å². The van der Waals surface area contributed by atoms with E-state index in [9.17, 15) is 0 Å². The van der Waals surface area contributed by atoms with E-state index in [1.807, 2.05) is 24.4 Å². The van der Waals surface area contributed by atoms with E-state index >= 15 is 0 Å². The summed E-state index contributed by atoms with van der Waals surface area (Å²) < 4.78 is 11.5. The van der Waals surface area contributed by atoms with Crippen LogP contribution in [0, 0.1) is 41.5 Å². The van der Waals surface area contributed by atoms with Gasteiger partial charge in [-0.05, 0) is 146 Å². The zero-order valence-electron chi connectivity index (χ0n) is 35.2. The quantitative estimate of drug-likeness (QED) is 0.158. The Balaban J connectivity index is 1.20. The van der Waals surface area contributed by atoms with Crippen LogP contribution < -0.4 is 4.74 Å². The molecule has 5 nitrogen and oxygen atoms in total. The second-order valence-corrected chi connectivity index (χ2v) is 16.5. The molecule has 0 radical (unpaired) electrons. The number of imidazole rings is 1. The van der Waals surface area contributed by atoms with Crippen molar-refractivity contribution in [1.82, 2.24) is 18.9 Å². The molecule has 0 bridgehead atoms. The fourth-order valence-corrected chi connectivity index (χ4v) is 10.0. The van der Waals surface area contributed by atoms with Gasteiger partial charge in [-0.2, -0.15) is 0 Å². The molecule has 4 heterocycles. The monoisotopic (exact) mass is 788 g/mol. The van der Waals surface area contributed by atoms with Crippen molar-refractivity contribution in [3.05, 3.63) is 191 Å². The van der Waals surface area contributed by atoms with Gasteiger partial charge in [0.1, 0.15) is 23.0 Å². The second kappa shape index (κ2) is 14.1. The lowest BCUT2D eigenvalue weighted by Crippen LogP contribution is -2.02. The van der Waals surface area contributed by atoms with Gasteiger partial charge in [-0.25, -0.2) is 9.97 Å². The summed E-state index contributed by atoms with van der Waals surface area (Å²) in [5.41, 5.74) is 18.8. The maximum atomic E-state index is 6.83. The third-order valence-corrected chi connectivity index (χ3v) is 12.7. The first-order valence-electron chi connectivity index (χ1n) is 21.0. The van der Waals surface area contributed by atoms with Crippen LogP contribution in [0.2, 0.25) is 0 Å². The Kier molecular flexibility index (Phi) is 8.43. The number of hydrogen-bond donors (Lipinski definition) is 0. The SMILES string of the molecule is Cc1cccc(C)c1-c1ccc2c3ccc(Oc4ccc5c6ccccc6n(-c6ccccn6)c5c4)cc3c3ncc(-c4c(C)cccc4C)n3c2c1-c1c(C)cccc1C. The molecule has 7 aromatic carbocycles. The molecule has 4 aromatic heterocycles. The molecular formula is C56H44N4O. The number of aromatic nitrogens is 4. The van der Waals surface area contributed by atoms with Crippen molar-refractivity contribution in [2.75, 3.05) is 0 Å². The Morgan fingerprint density at radius 2 is 1.02 bits per heavy atom. The van der Waals surface area contributed by atoms with Gasteiger partial charge in [-0.3, -0.25) is 8.97 Å². The molecule has 0 aliphatic carbocycles. The molecule has 0 spiro atoms. The topological polar surface area (TPSA) is 44.3 Å².